The number of anilines is 1. The molecule has 0 saturated heterocycles. The fourth-order valence-corrected chi connectivity index (χ4v) is 1.38. The van der Waals surface area contributed by atoms with Gasteiger partial charge in [-0.05, 0) is 6.07 Å². The smallest absolute Gasteiger partial charge is 0.336 e. The van der Waals surface area contributed by atoms with Gasteiger partial charge in [0.05, 0.1) is 12.2 Å². The zero-order chi connectivity index (χ0) is 10.1. The molecular formula is C9H9NO4. The molecule has 0 aliphatic carbocycles. The van der Waals surface area contributed by atoms with Crippen LogP contribution in [0, 0.1) is 0 Å². The van der Waals surface area contributed by atoms with Crippen LogP contribution in [-0.4, -0.2) is 17.9 Å². The minimum Gasteiger partial charge on any atom is -0.478 e. The predicted molar refractivity (Wildman–Crippen MR) is 48.1 cm³/mol. The van der Waals surface area contributed by atoms with Crippen molar-refractivity contribution in [2.24, 2.45) is 0 Å². The van der Waals surface area contributed by atoms with Gasteiger partial charge in [-0.3, -0.25) is 0 Å². The highest BCUT2D eigenvalue weighted by molar-refractivity contribution is 5.91. The summed E-state index contributed by atoms with van der Waals surface area (Å²) >= 11 is 0. The Bertz CT molecular complexity index is 389. The lowest BCUT2D eigenvalue weighted by Crippen LogP contribution is -2.15. The molecule has 5 heteroatoms. The van der Waals surface area contributed by atoms with Crippen molar-refractivity contribution >= 4 is 11.7 Å². The van der Waals surface area contributed by atoms with Crippen LogP contribution in [0.2, 0.25) is 0 Å². The average Bonchev–Trinajstić information content (AvgIpc) is 2.16. The largest absolute Gasteiger partial charge is 0.478 e. The minimum absolute atomic E-state index is 0.134. The molecule has 0 unspecified atom stereocenters. The van der Waals surface area contributed by atoms with Crippen LogP contribution in [0.15, 0.2) is 12.1 Å². The molecule has 1 aromatic rings. The molecule has 0 radical (unpaired) electrons. The standard InChI is InChI=1S/C9H9NO4/c10-5-1-6(9(11)12)7-3-13-4-14-8(7)2-5/h1-2H,3-4,10H2,(H,11,12). The maximum atomic E-state index is 10.9. The van der Waals surface area contributed by atoms with Crippen LogP contribution in [0.25, 0.3) is 0 Å². The molecule has 2 rings (SSSR count). The highest BCUT2D eigenvalue weighted by atomic mass is 16.7. The first-order chi connectivity index (χ1) is 6.68. The van der Waals surface area contributed by atoms with E-state index >= 15 is 0 Å². The van der Waals surface area contributed by atoms with Gasteiger partial charge in [0.15, 0.2) is 6.79 Å². The molecular weight excluding hydrogens is 186 g/mol. The van der Waals surface area contributed by atoms with Gasteiger partial charge in [-0.15, -0.1) is 0 Å². The third-order valence-electron chi connectivity index (χ3n) is 2.01. The Hall–Kier alpha value is -1.75. The Morgan fingerprint density at radius 2 is 2.29 bits per heavy atom. The fraction of sp³-hybridized carbons (Fsp3) is 0.222. The number of ether oxygens (including phenoxy) is 2. The van der Waals surface area contributed by atoms with E-state index in [0.717, 1.165) is 0 Å². The molecule has 0 fully saturated rings. The van der Waals surface area contributed by atoms with E-state index in [0.29, 0.717) is 17.0 Å². The van der Waals surface area contributed by atoms with Crippen LogP contribution in [0.4, 0.5) is 5.69 Å². The second kappa shape index (κ2) is 3.19. The Balaban J connectivity index is 2.58. The molecule has 0 bridgehead atoms. The van der Waals surface area contributed by atoms with Crippen molar-refractivity contribution in [1.29, 1.82) is 0 Å². The van der Waals surface area contributed by atoms with Crippen molar-refractivity contribution in [1.82, 2.24) is 0 Å². The lowest BCUT2D eigenvalue weighted by atomic mass is 10.1. The molecule has 0 aromatic heterocycles. The number of nitrogens with two attached hydrogens (primary N) is 1. The van der Waals surface area contributed by atoms with Crippen LogP contribution < -0.4 is 10.5 Å². The van der Waals surface area contributed by atoms with Gasteiger partial charge in [0.1, 0.15) is 5.75 Å². The maximum Gasteiger partial charge on any atom is 0.336 e. The van der Waals surface area contributed by atoms with Gasteiger partial charge >= 0.3 is 5.97 Å². The van der Waals surface area contributed by atoms with Crippen molar-refractivity contribution in [2.75, 3.05) is 12.5 Å². The van der Waals surface area contributed by atoms with Gasteiger partial charge in [0.2, 0.25) is 0 Å². The number of carbonyl (C=O) groups is 1. The number of carboxylic acids is 1. The molecule has 1 aliphatic rings. The topological polar surface area (TPSA) is 81.8 Å². The molecule has 74 valence electrons. The van der Waals surface area contributed by atoms with Gasteiger partial charge < -0.3 is 20.3 Å². The van der Waals surface area contributed by atoms with Crippen LogP contribution in [0.1, 0.15) is 15.9 Å². The lowest BCUT2D eigenvalue weighted by molar-refractivity contribution is -0.0169. The number of carboxylic acid groups (broad SMARTS) is 1. The predicted octanol–water partition coefficient (Wildman–Crippen LogP) is 0.834. The Morgan fingerprint density at radius 3 is 3.00 bits per heavy atom. The Morgan fingerprint density at radius 1 is 1.50 bits per heavy atom. The summed E-state index contributed by atoms with van der Waals surface area (Å²) in [6, 6.07) is 3.00. The number of rotatable bonds is 1. The normalized spacial score (nSPS) is 14.3. The lowest BCUT2D eigenvalue weighted by Gasteiger charge is -2.19. The summed E-state index contributed by atoms with van der Waals surface area (Å²) in [6.45, 7) is 0.382. The number of hydrogen-bond donors (Lipinski definition) is 2. The van der Waals surface area contributed by atoms with E-state index < -0.39 is 5.97 Å². The van der Waals surface area contributed by atoms with Gasteiger partial charge in [-0.1, -0.05) is 0 Å². The molecule has 14 heavy (non-hydrogen) atoms. The number of aromatic carboxylic acids is 1. The summed E-state index contributed by atoms with van der Waals surface area (Å²) in [7, 11) is 0. The Labute approximate surface area is 80.0 Å². The first-order valence-corrected chi connectivity index (χ1v) is 4.04. The van der Waals surface area contributed by atoms with Crippen molar-refractivity contribution in [3.05, 3.63) is 23.3 Å². The highest BCUT2D eigenvalue weighted by Crippen LogP contribution is 2.29. The molecule has 0 spiro atoms. The molecule has 3 N–H and O–H groups in total. The van der Waals surface area contributed by atoms with E-state index in [1.54, 1.807) is 6.07 Å². The summed E-state index contributed by atoms with van der Waals surface area (Å²) in [4.78, 5) is 10.9. The third kappa shape index (κ3) is 1.38. The number of benzene rings is 1. The van der Waals surface area contributed by atoms with E-state index in [1.807, 2.05) is 0 Å². The quantitative estimate of drug-likeness (QED) is 0.648. The molecule has 1 aromatic carbocycles. The second-order valence-electron chi connectivity index (χ2n) is 2.96. The van der Waals surface area contributed by atoms with E-state index in [-0.39, 0.29) is 19.0 Å². The Kier molecular flexibility index (Phi) is 2.01. The summed E-state index contributed by atoms with van der Waals surface area (Å²) in [5.74, 6) is -0.531. The SMILES string of the molecule is Nc1cc2c(c(C(=O)O)c1)COCO2. The van der Waals surface area contributed by atoms with Crippen LogP contribution in [0.5, 0.6) is 5.75 Å². The second-order valence-corrected chi connectivity index (χ2v) is 2.96. The van der Waals surface area contributed by atoms with E-state index in [2.05, 4.69) is 0 Å². The van der Waals surface area contributed by atoms with Gasteiger partial charge in [-0.2, -0.15) is 0 Å². The van der Waals surface area contributed by atoms with Gasteiger partial charge in [0.25, 0.3) is 0 Å². The highest BCUT2D eigenvalue weighted by Gasteiger charge is 2.19. The zero-order valence-corrected chi connectivity index (χ0v) is 7.32. The van der Waals surface area contributed by atoms with Gasteiger partial charge in [0, 0.05) is 17.3 Å². The van der Waals surface area contributed by atoms with Crippen LogP contribution in [0.3, 0.4) is 0 Å². The van der Waals surface area contributed by atoms with E-state index in [4.69, 9.17) is 20.3 Å². The first kappa shape index (κ1) is 8.83. The maximum absolute atomic E-state index is 10.9. The molecule has 5 nitrogen and oxygen atoms in total. The van der Waals surface area contributed by atoms with E-state index in [9.17, 15) is 4.79 Å². The zero-order valence-electron chi connectivity index (χ0n) is 7.32. The summed E-state index contributed by atoms with van der Waals surface area (Å²) in [5, 5.41) is 8.90. The minimum atomic E-state index is -1.03. The van der Waals surface area contributed by atoms with Crippen molar-refractivity contribution < 1.29 is 19.4 Å². The molecule has 1 aliphatic heterocycles. The van der Waals surface area contributed by atoms with Gasteiger partial charge in [-0.25, -0.2) is 4.79 Å². The monoisotopic (exact) mass is 195 g/mol. The molecule has 1 heterocycles. The van der Waals surface area contributed by atoms with Crippen molar-refractivity contribution in [3.63, 3.8) is 0 Å². The summed E-state index contributed by atoms with van der Waals surface area (Å²) in [5.41, 5.74) is 6.59. The molecule has 0 atom stereocenters. The molecule has 0 saturated carbocycles. The summed E-state index contributed by atoms with van der Waals surface area (Å²) < 4.78 is 10.1. The number of fused-ring (bicyclic) bond motifs is 1. The molecule has 0 amide bonds. The summed E-state index contributed by atoms with van der Waals surface area (Å²) in [6.07, 6.45) is 0. The van der Waals surface area contributed by atoms with Crippen molar-refractivity contribution in [2.45, 2.75) is 6.61 Å². The number of nitrogen functional groups attached to an aromatic ring is 1. The first-order valence-electron chi connectivity index (χ1n) is 4.04. The van der Waals surface area contributed by atoms with Crippen LogP contribution in [-0.2, 0) is 11.3 Å². The third-order valence-corrected chi connectivity index (χ3v) is 2.01. The van der Waals surface area contributed by atoms with Crippen molar-refractivity contribution in [3.8, 4) is 5.75 Å². The fourth-order valence-electron chi connectivity index (χ4n) is 1.38. The average molecular weight is 195 g/mol. The van der Waals surface area contributed by atoms with E-state index in [1.165, 1.54) is 6.07 Å². The number of hydrogen-bond acceptors (Lipinski definition) is 4. The van der Waals surface area contributed by atoms with Crippen LogP contribution >= 0.6 is 0 Å².